The van der Waals surface area contributed by atoms with Gasteiger partial charge in [0.05, 0.1) is 38.0 Å². The monoisotopic (exact) mass is 304 g/mol. The van der Waals surface area contributed by atoms with Crippen molar-refractivity contribution in [3.8, 4) is 0 Å². The smallest absolute Gasteiger partial charge is 0.0788 e. The lowest BCUT2D eigenvalue weighted by Gasteiger charge is -2.38. The Bertz CT molecular complexity index is 282. The van der Waals surface area contributed by atoms with Gasteiger partial charge in [-0.05, 0) is 25.9 Å². The summed E-state index contributed by atoms with van der Waals surface area (Å²) in [4.78, 5) is 3.06. The fourth-order valence-electron chi connectivity index (χ4n) is 2.17. The number of methoxy groups -OCH3 is 1. The van der Waals surface area contributed by atoms with Crippen LogP contribution in [0.3, 0.4) is 0 Å². The van der Waals surface area contributed by atoms with Gasteiger partial charge in [0.2, 0.25) is 0 Å². The molecule has 0 saturated carbocycles. The third-order valence-electron chi connectivity index (χ3n) is 3.91. The minimum atomic E-state index is 0.0435. The molecule has 1 aliphatic rings. The molecular formula is C14H28N2O3S. The van der Waals surface area contributed by atoms with Crippen LogP contribution in [0.15, 0.2) is 0 Å². The van der Waals surface area contributed by atoms with E-state index >= 15 is 0 Å². The van der Waals surface area contributed by atoms with Gasteiger partial charge in [-0.1, -0.05) is 19.1 Å². The molecule has 6 heteroatoms. The number of hydrogen-bond acceptors (Lipinski definition) is 5. The molecule has 1 fully saturated rings. The molecule has 1 heterocycles. The molecule has 1 aliphatic heterocycles. The maximum atomic E-state index is 5.80. The van der Waals surface area contributed by atoms with Gasteiger partial charge < -0.3 is 24.8 Å². The summed E-state index contributed by atoms with van der Waals surface area (Å²) in [5, 5.41) is 0. The normalized spacial score (nSPS) is 19.1. The number of likely N-dealkylation sites (tertiary alicyclic amines) is 1. The summed E-state index contributed by atoms with van der Waals surface area (Å²) in [6.07, 6.45) is 2.09. The van der Waals surface area contributed by atoms with E-state index in [4.69, 9.17) is 32.2 Å². The minimum absolute atomic E-state index is 0.0435. The van der Waals surface area contributed by atoms with Crippen molar-refractivity contribution in [1.82, 2.24) is 4.90 Å². The molecule has 20 heavy (non-hydrogen) atoms. The van der Waals surface area contributed by atoms with Crippen molar-refractivity contribution in [2.45, 2.75) is 19.8 Å². The zero-order valence-corrected chi connectivity index (χ0v) is 13.5. The summed E-state index contributed by atoms with van der Waals surface area (Å²) < 4.78 is 15.8. The maximum Gasteiger partial charge on any atom is 0.0788 e. The molecule has 0 atom stereocenters. The molecule has 0 aromatic rings. The Balaban J connectivity index is 1.98. The summed E-state index contributed by atoms with van der Waals surface area (Å²) in [5.74, 6) is 0. The highest BCUT2D eigenvalue weighted by Crippen LogP contribution is 2.30. The molecule has 0 spiro atoms. The van der Waals surface area contributed by atoms with Gasteiger partial charge in [0.1, 0.15) is 0 Å². The lowest BCUT2D eigenvalue weighted by molar-refractivity contribution is 0.0166. The first-order chi connectivity index (χ1) is 9.58. The van der Waals surface area contributed by atoms with Crippen molar-refractivity contribution < 1.29 is 14.2 Å². The summed E-state index contributed by atoms with van der Waals surface area (Å²) in [6.45, 7) is 8.50. The molecule has 0 aromatic carbocycles. The number of piperidine rings is 1. The Morgan fingerprint density at radius 3 is 2.20 bits per heavy atom. The van der Waals surface area contributed by atoms with Gasteiger partial charge in [0.15, 0.2) is 0 Å². The number of thiocarbonyl (C=S) groups is 1. The number of rotatable bonds is 10. The summed E-state index contributed by atoms with van der Waals surface area (Å²) in [5.41, 5.74) is 5.85. The van der Waals surface area contributed by atoms with Crippen LogP contribution in [0.5, 0.6) is 0 Å². The van der Waals surface area contributed by atoms with Gasteiger partial charge in [-0.3, -0.25) is 0 Å². The lowest BCUT2D eigenvalue weighted by atomic mass is 9.80. The van der Waals surface area contributed by atoms with Gasteiger partial charge in [0, 0.05) is 19.1 Å². The topological polar surface area (TPSA) is 57.0 Å². The van der Waals surface area contributed by atoms with Crippen LogP contribution in [0, 0.1) is 5.41 Å². The second-order valence-corrected chi connectivity index (χ2v) is 5.92. The van der Waals surface area contributed by atoms with Gasteiger partial charge >= 0.3 is 0 Å². The Morgan fingerprint density at radius 1 is 1.10 bits per heavy atom. The molecule has 0 amide bonds. The predicted octanol–water partition coefficient (Wildman–Crippen LogP) is 1.05. The van der Waals surface area contributed by atoms with Crippen LogP contribution in [0.25, 0.3) is 0 Å². The van der Waals surface area contributed by atoms with Crippen LogP contribution < -0.4 is 5.73 Å². The molecule has 0 radical (unpaired) electrons. The molecule has 0 aliphatic carbocycles. The number of nitrogens with two attached hydrogens (primary N) is 1. The first-order valence-corrected chi connectivity index (χ1v) is 7.66. The highest BCUT2D eigenvalue weighted by molar-refractivity contribution is 7.80. The molecule has 118 valence electrons. The van der Waals surface area contributed by atoms with Crippen LogP contribution in [0.4, 0.5) is 0 Å². The van der Waals surface area contributed by atoms with Crippen molar-refractivity contribution in [2.24, 2.45) is 11.1 Å². The van der Waals surface area contributed by atoms with Crippen molar-refractivity contribution in [3.63, 3.8) is 0 Å². The molecular weight excluding hydrogens is 276 g/mol. The Morgan fingerprint density at radius 2 is 1.65 bits per heavy atom. The van der Waals surface area contributed by atoms with Gasteiger partial charge in [-0.2, -0.15) is 0 Å². The van der Waals surface area contributed by atoms with Crippen LogP contribution in [-0.2, 0) is 14.2 Å². The molecule has 5 nitrogen and oxygen atoms in total. The lowest BCUT2D eigenvalue weighted by Crippen LogP contribution is -2.45. The summed E-state index contributed by atoms with van der Waals surface area (Å²) >= 11 is 5.14. The predicted molar refractivity (Wildman–Crippen MR) is 84.1 cm³/mol. The van der Waals surface area contributed by atoms with Crippen LogP contribution in [0.1, 0.15) is 19.8 Å². The molecule has 1 saturated heterocycles. The van der Waals surface area contributed by atoms with Gasteiger partial charge in [0.25, 0.3) is 0 Å². The molecule has 0 aromatic heterocycles. The first-order valence-electron chi connectivity index (χ1n) is 7.25. The minimum Gasteiger partial charge on any atom is -0.393 e. The van der Waals surface area contributed by atoms with E-state index in [1.165, 1.54) is 0 Å². The van der Waals surface area contributed by atoms with Crippen LogP contribution >= 0.6 is 12.2 Å². The van der Waals surface area contributed by atoms with E-state index in [-0.39, 0.29) is 5.41 Å². The van der Waals surface area contributed by atoms with Crippen molar-refractivity contribution in [2.75, 3.05) is 59.8 Å². The highest BCUT2D eigenvalue weighted by atomic mass is 32.1. The van der Waals surface area contributed by atoms with E-state index in [1.54, 1.807) is 7.11 Å². The van der Waals surface area contributed by atoms with Crippen LogP contribution in [-0.4, -0.2) is 69.7 Å². The standard InChI is InChI=1S/C14H28N2O3S/c1-14(13(15)20)3-5-16(6-4-14)7-8-18-11-12-19-10-9-17-2/h3-12H2,1-2H3,(H2,15,20). The van der Waals surface area contributed by atoms with E-state index in [9.17, 15) is 0 Å². The Kier molecular flexibility index (Phi) is 8.56. The number of ether oxygens (including phenoxy) is 3. The summed E-state index contributed by atoms with van der Waals surface area (Å²) in [6, 6.07) is 0. The molecule has 2 N–H and O–H groups in total. The Labute approximate surface area is 127 Å². The van der Waals surface area contributed by atoms with Gasteiger partial charge in [-0.15, -0.1) is 0 Å². The van der Waals surface area contributed by atoms with E-state index in [0.717, 1.165) is 39.1 Å². The average Bonchev–Trinajstić information content (AvgIpc) is 2.44. The molecule has 1 rings (SSSR count). The second-order valence-electron chi connectivity index (χ2n) is 5.48. The van der Waals surface area contributed by atoms with Crippen molar-refractivity contribution in [3.05, 3.63) is 0 Å². The fraction of sp³-hybridized carbons (Fsp3) is 0.929. The Hall–Kier alpha value is -0.270. The van der Waals surface area contributed by atoms with Crippen LogP contribution in [0.2, 0.25) is 0 Å². The third kappa shape index (κ3) is 6.45. The SMILES string of the molecule is COCCOCCOCCN1CCC(C)(C(N)=S)CC1. The number of hydrogen-bond donors (Lipinski definition) is 1. The quantitative estimate of drug-likeness (QED) is 0.481. The van der Waals surface area contributed by atoms with E-state index < -0.39 is 0 Å². The largest absolute Gasteiger partial charge is 0.393 e. The zero-order chi connectivity index (χ0) is 14.8. The molecule has 0 unspecified atom stereocenters. The molecule has 0 bridgehead atoms. The van der Waals surface area contributed by atoms with Gasteiger partial charge in [-0.25, -0.2) is 0 Å². The van der Waals surface area contributed by atoms with Crippen molar-refractivity contribution in [1.29, 1.82) is 0 Å². The van der Waals surface area contributed by atoms with E-state index in [0.29, 0.717) is 31.4 Å². The third-order valence-corrected chi connectivity index (χ3v) is 4.40. The first kappa shape index (κ1) is 17.8. The summed E-state index contributed by atoms with van der Waals surface area (Å²) in [7, 11) is 1.67. The zero-order valence-electron chi connectivity index (χ0n) is 12.7. The van der Waals surface area contributed by atoms with Crippen molar-refractivity contribution >= 4 is 17.2 Å². The highest BCUT2D eigenvalue weighted by Gasteiger charge is 2.32. The average molecular weight is 304 g/mol. The maximum absolute atomic E-state index is 5.80. The van der Waals surface area contributed by atoms with E-state index in [1.807, 2.05) is 0 Å². The van der Waals surface area contributed by atoms with E-state index in [2.05, 4.69) is 11.8 Å². The fourth-order valence-corrected chi connectivity index (χ4v) is 2.38. The number of nitrogens with zero attached hydrogens (tertiary/aromatic N) is 1. The second kappa shape index (κ2) is 9.63.